The van der Waals surface area contributed by atoms with Crippen LogP contribution in [0.5, 0.6) is 0 Å². The van der Waals surface area contributed by atoms with Crippen LogP contribution in [-0.4, -0.2) is 18.0 Å². The normalized spacial score (nSPS) is 23.1. The Morgan fingerprint density at radius 3 is 2.79 bits per heavy atom. The Labute approximate surface area is 112 Å². The summed E-state index contributed by atoms with van der Waals surface area (Å²) in [7, 11) is 0. The minimum absolute atomic E-state index is 0.186. The third-order valence-electron chi connectivity index (χ3n) is 3.70. The SMILES string of the molecule is Cc1c(F)cc(C(N)=O)cc1NC1CCCC(N)C1. The molecule has 1 amide bonds. The molecule has 2 rings (SSSR count). The van der Waals surface area contributed by atoms with Crippen molar-refractivity contribution in [1.82, 2.24) is 0 Å². The summed E-state index contributed by atoms with van der Waals surface area (Å²) in [6.45, 7) is 1.69. The number of anilines is 1. The fourth-order valence-corrected chi connectivity index (χ4v) is 2.55. The highest BCUT2D eigenvalue weighted by Crippen LogP contribution is 2.25. The monoisotopic (exact) mass is 265 g/mol. The molecule has 0 spiro atoms. The van der Waals surface area contributed by atoms with Crippen LogP contribution in [0.25, 0.3) is 0 Å². The second-order valence-corrected chi connectivity index (χ2v) is 5.26. The Kier molecular flexibility index (Phi) is 4.04. The Bertz CT molecular complexity index is 490. The summed E-state index contributed by atoms with van der Waals surface area (Å²) in [6.07, 6.45) is 3.97. The lowest BCUT2D eigenvalue weighted by atomic mass is 9.91. The number of benzene rings is 1. The number of hydrogen-bond donors (Lipinski definition) is 3. The Hall–Kier alpha value is -1.62. The van der Waals surface area contributed by atoms with Gasteiger partial charge >= 0.3 is 0 Å². The van der Waals surface area contributed by atoms with Crippen LogP contribution in [0, 0.1) is 12.7 Å². The molecule has 0 aromatic heterocycles. The van der Waals surface area contributed by atoms with Gasteiger partial charge in [0.2, 0.25) is 5.91 Å². The molecule has 2 unspecified atom stereocenters. The predicted octanol–water partition coefficient (Wildman–Crippen LogP) is 1.91. The van der Waals surface area contributed by atoms with Crippen molar-refractivity contribution in [2.24, 2.45) is 11.5 Å². The van der Waals surface area contributed by atoms with Crippen LogP contribution in [0.15, 0.2) is 12.1 Å². The van der Waals surface area contributed by atoms with E-state index in [1.807, 2.05) is 0 Å². The Morgan fingerprint density at radius 1 is 1.42 bits per heavy atom. The third kappa shape index (κ3) is 3.23. The summed E-state index contributed by atoms with van der Waals surface area (Å²) in [5, 5.41) is 3.29. The van der Waals surface area contributed by atoms with Gasteiger partial charge in [0.05, 0.1) is 0 Å². The van der Waals surface area contributed by atoms with Gasteiger partial charge in [-0.3, -0.25) is 4.79 Å². The van der Waals surface area contributed by atoms with Crippen LogP contribution < -0.4 is 16.8 Å². The van der Waals surface area contributed by atoms with Crippen LogP contribution in [0.4, 0.5) is 10.1 Å². The summed E-state index contributed by atoms with van der Waals surface area (Å²) >= 11 is 0. The molecule has 5 N–H and O–H groups in total. The number of hydrogen-bond acceptors (Lipinski definition) is 3. The van der Waals surface area contributed by atoms with Gasteiger partial charge in [0.25, 0.3) is 0 Å². The lowest BCUT2D eigenvalue weighted by molar-refractivity contribution is 0.1000. The van der Waals surface area contributed by atoms with Crippen molar-refractivity contribution >= 4 is 11.6 Å². The zero-order chi connectivity index (χ0) is 14.0. The molecule has 5 heteroatoms. The molecule has 0 saturated heterocycles. The molecule has 0 aliphatic heterocycles. The quantitative estimate of drug-likeness (QED) is 0.781. The molecule has 0 heterocycles. The molecule has 0 bridgehead atoms. The van der Waals surface area contributed by atoms with E-state index in [-0.39, 0.29) is 17.6 Å². The van der Waals surface area contributed by atoms with Crippen molar-refractivity contribution in [2.75, 3.05) is 5.32 Å². The maximum Gasteiger partial charge on any atom is 0.248 e. The molecule has 104 valence electrons. The number of nitrogens with one attached hydrogen (secondary N) is 1. The minimum Gasteiger partial charge on any atom is -0.382 e. The molecule has 1 fully saturated rings. The summed E-state index contributed by atoms with van der Waals surface area (Å²) < 4.78 is 13.8. The Balaban J connectivity index is 2.21. The first-order chi connectivity index (χ1) is 8.97. The molecule has 1 aliphatic carbocycles. The van der Waals surface area contributed by atoms with Gasteiger partial charge < -0.3 is 16.8 Å². The molecule has 19 heavy (non-hydrogen) atoms. The summed E-state index contributed by atoms with van der Waals surface area (Å²) in [4.78, 5) is 11.2. The van der Waals surface area contributed by atoms with Crippen LogP contribution in [0.2, 0.25) is 0 Å². The van der Waals surface area contributed by atoms with E-state index < -0.39 is 11.7 Å². The number of carbonyl (C=O) groups excluding carboxylic acids is 1. The second kappa shape index (κ2) is 5.57. The molecule has 4 nitrogen and oxygen atoms in total. The maximum atomic E-state index is 13.8. The highest BCUT2D eigenvalue weighted by atomic mass is 19.1. The summed E-state index contributed by atoms with van der Waals surface area (Å²) in [5.41, 5.74) is 12.5. The lowest BCUT2D eigenvalue weighted by Crippen LogP contribution is -2.35. The summed E-state index contributed by atoms with van der Waals surface area (Å²) in [6, 6.07) is 3.21. The van der Waals surface area contributed by atoms with Crippen molar-refractivity contribution in [3.63, 3.8) is 0 Å². The standard InChI is InChI=1S/C14H20FN3O/c1-8-12(15)5-9(14(17)19)6-13(8)18-11-4-2-3-10(16)7-11/h5-6,10-11,18H,2-4,7,16H2,1H3,(H2,17,19). The number of carbonyl (C=O) groups is 1. The van der Waals surface area contributed by atoms with Crippen molar-refractivity contribution in [3.05, 3.63) is 29.1 Å². The van der Waals surface area contributed by atoms with Crippen molar-refractivity contribution in [2.45, 2.75) is 44.7 Å². The van der Waals surface area contributed by atoms with Gasteiger partial charge in [-0.15, -0.1) is 0 Å². The molecule has 2 atom stereocenters. The highest BCUT2D eigenvalue weighted by Gasteiger charge is 2.20. The number of halogens is 1. The number of rotatable bonds is 3. The van der Waals surface area contributed by atoms with Gasteiger partial charge in [0.15, 0.2) is 0 Å². The van der Waals surface area contributed by atoms with E-state index in [2.05, 4.69) is 5.32 Å². The van der Waals surface area contributed by atoms with Crippen molar-refractivity contribution in [1.29, 1.82) is 0 Å². The van der Waals surface area contributed by atoms with E-state index in [1.165, 1.54) is 6.07 Å². The molecular formula is C14H20FN3O. The second-order valence-electron chi connectivity index (χ2n) is 5.26. The van der Waals surface area contributed by atoms with E-state index in [9.17, 15) is 9.18 Å². The highest BCUT2D eigenvalue weighted by molar-refractivity contribution is 5.94. The third-order valence-corrected chi connectivity index (χ3v) is 3.70. The average molecular weight is 265 g/mol. The predicted molar refractivity (Wildman–Crippen MR) is 73.5 cm³/mol. The van der Waals surface area contributed by atoms with E-state index in [1.54, 1.807) is 13.0 Å². The van der Waals surface area contributed by atoms with Crippen LogP contribution >= 0.6 is 0 Å². The van der Waals surface area contributed by atoms with Crippen LogP contribution in [0.3, 0.4) is 0 Å². The van der Waals surface area contributed by atoms with Crippen LogP contribution in [0.1, 0.15) is 41.6 Å². The lowest BCUT2D eigenvalue weighted by Gasteiger charge is -2.29. The van der Waals surface area contributed by atoms with E-state index in [0.717, 1.165) is 25.7 Å². The smallest absolute Gasteiger partial charge is 0.248 e. The first-order valence-corrected chi connectivity index (χ1v) is 6.59. The number of nitrogens with two attached hydrogens (primary N) is 2. The first kappa shape index (κ1) is 13.8. The van der Waals surface area contributed by atoms with Gasteiger partial charge in [-0.25, -0.2) is 4.39 Å². The van der Waals surface area contributed by atoms with E-state index in [0.29, 0.717) is 11.3 Å². The zero-order valence-electron chi connectivity index (χ0n) is 11.1. The Morgan fingerprint density at radius 2 is 2.16 bits per heavy atom. The van der Waals surface area contributed by atoms with E-state index in [4.69, 9.17) is 11.5 Å². The van der Waals surface area contributed by atoms with Gasteiger partial charge in [0.1, 0.15) is 5.82 Å². The summed E-state index contributed by atoms with van der Waals surface area (Å²) in [5.74, 6) is -1.04. The van der Waals surface area contributed by atoms with Gasteiger partial charge in [0, 0.05) is 28.9 Å². The topological polar surface area (TPSA) is 81.1 Å². The zero-order valence-corrected chi connectivity index (χ0v) is 11.1. The van der Waals surface area contributed by atoms with Gasteiger partial charge in [-0.05, 0) is 44.7 Å². The molecule has 1 saturated carbocycles. The van der Waals surface area contributed by atoms with Gasteiger partial charge in [-0.1, -0.05) is 0 Å². The maximum absolute atomic E-state index is 13.8. The molecule has 1 aromatic carbocycles. The molecule has 1 aromatic rings. The fourth-order valence-electron chi connectivity index (χ4n) is 2.55. The molecule has 0 radical (unpaired) electrons. The number of primary amides is 1. The minimum atomic E-state index is -0.623. The van der Waals surface area contributed by atoms with Crippen LogP contribution in [-0.2, 0) is 0 Å². The van der Waals surface area contributed by atoms with E-state index >= 15 is 0 Å². The molecular weight excluding hydrogens is 245 g/mol. The first-order valence-electron chi connectivity index (χ1n) is 6.59. The van der Waals surface area contributed by atoms with Gasteiger partial charge in [-0.2, -0.15) is 0 Å². The van der Waals surface area contributed by atoms with Crippen molar-refractivity contribution in [3.8, 4) is 0 Å². The molecule has 1 aliphatic rings. The largest absolute Gasteiger partial charge is 0.382 e. The van der Waals surface area contributed by atoms with Crippen molar-refractivity contribution < 1.29 is 9.18 Å². The fraction of sp³-hybridized carbons (Fsp3) is 0.500. The number of amides is 1. The average Bonchev–Trinajstić information content (AvgIpc) is 2.34.